The third-order valence-electron chi connectivity index (χ3n) is 4.21. The number of anilines is 1. The van der Waals surface area contributed by atoms with Crippen molar-refractivity contribution in [3.63, 3.8) is 0 Å². The average Bonchev–Trinajstić information content (AvgIpc) is 2.99. The topological polar surface area (TPSA) is 108 Å². The fourth-order valence-electron chi connectivity index (χ4n) is 3.03. The van der Waals surface area contributed by atoms with E-state index in [4.69, 9.17) is 16.3 Å². The highest BCUT2D eigenvalue weighted by Gasteiger charge is 2.34. The summed E-state index contributed by atoms with van der Waals surface area (Å²) in [5, 5.41) is 15.0. The molecule has 142 valence electrons. The summed E-state index contributed by atoms with van der Waals surface area (Å²) in [7, 11) is 1.41. The Morgan fingerprint density at radius 1 is 1.35 bits per heavy atom. The highest BCUT2D eigenvalue weighted by molar-refractivity contribution is 6.34. The molecule has 2 rings (SSSR count). The Kier molecular flexibility index (Phi) is 6.44. The summed E-state index contributed by atoms with van der Waals surface area (Å²) < 4.78 is 5.23. The fourth-order valence-corrected chi connectivity index (χ4v) is 3.24. The lowest BCUT2D eigenvalue weighted by molar-refractivity contribution is -0.130. The van der Waals surface area contributed by atoms with Crippen molar-refractivity contribution in [3.8, 4) is 5.75 Å². The third-order valence-corrected chi connectivity index (χ3v) is 4.52. The number of benzene rings is 1. The van der Waals surface area contributed by atoms with E-state index in [9.17, 15) is 19.5 Å². The number of likely N-dealkylation sites (tertiary alicyclic amines) is 1. The molecule has 1 aliphatic rings. The molecule has 0 spiro atoms. The minimum absolute atomic E-state index is 0.152. The summed E-state index contributed by atoms with van der Waals surface area (Å²) in [6.07, 6.45) is 0.460. The number of aliphatic hydroxyl groups is 1. The van der Waals surface area contributed by atoms with Gasteiger partial charge in [-0.2, -0.15) is 0 Å². The van der Waals surface area contributed by atoms with Gasteiger partial charge in [0.1, 0.15) is 5.75 Å². The normalized spacial score (nSPS) is 19.2. The van der Waals surface area contributed by atoms with Crippen molar-refractivity contribution >= 4 is 35.0 Å². The molecule has 1 fully saturated rings. The first-order valence-electron chi connectivity index (χ1n) is 8.10. The molecule has 8 nitrogen and oxygen atoms in total. The molecule has 9 heteroatoms. The van der Waals surface area contributed by atoms with E-state index in [2.05, 4.69) is 10.6 Å². The molecule has 0 radical (unpaired) electrons. The molecule has 1 saturated heterocycles. The van der Waals surface area contributed by atoms with E-state index in [-0.39, 0.29) is 46.8 Å². The molecule has 2 unspecified atom stereocenters. The van der Waals surface area contributed by atoms with Gasteiger partial charge in [-0.15, -0.1) is 0 Å². The smallest absolute Gasteiger partial charge is 0.255 e. The van der Waals surface area contributed by atoms with Gasteiger partial charge < -0.3 is 25.4 Å². The third kappa shape index (κ3) is 4.44. The van der Waals surface area contributed by atoms with Gasteiger partial charge in [-0.25, -0.2) is 0 Å². The maximum Gasteiger partial charge on any atom is 0.255 e. The number of aliphatic hydroxyl groups excluding tert-OH is 1. The van der Waals surface area contributed by atoms with Gasteiger partial charge in [-0.3, -0.25) is 14.4 Å². The van der Waals surface area contributed by atoms with E-state index in [1.165, 1.54) is 38.0 Å². The SMILES string of the molecule is COc1cc(NC(C)=O)c(Cl)cc1C(=O)NC1CC(CO)N(C(C)=O)C1. The lowest BCUT2D eigenvalue weighted by Gasteiger charge is -2.20. The summed E-state index contributed by atoms with van der Waals surface area (Å²) in [5.41, 5.74) is 0.560. The second kappa shape index (κ2) is 8.37. The van der Waals surface area contributed by atoms with Crippen molar-refractivity contribution in [2.24, 2.45) is 0 Å². The zero-order valence-electron chi connectivity index (χ0n) is 14.8. The lowest BCUT2D eigenvalue weighted by Crippen LogP contribution is -2.39. The second-order valence-electron chi connectivity index (χ2n) is 6.13. The van der Waals surface area contributed by atoms with Crippen LogP contribution in [0.3, 0.4) is 0 Å². The Bertz CT molecular complexity index is 725. The molecule has 1 aromatic carbocycles. The minimum atomic E-state index is -0.412. The minimum Gasteiger partial charge on any atom is -0.496 e. The van der Waals surface area contributed by atoms with Crippen molar-refractivity contribution in [1.29, 1.82) is 0 Å². The summed E-state index contributed by atoms with van der Waals surface area (Å²) in [5.74, 6) is -0.599. The first-order chi connectivity index (χ1) is 12.3. The number of amides is 3. The van der Waals surface area contributed by atoms with Crippen LogP contribution in [-0.2, 0) is 9.59 Å². The fraction of sp³-hybridized carbons (Fsp3) is 0.471. The predicted molar refractivity (Wildman–Crippen MR) is 96.4 cm³/mol. The molecule has 1 heterocycles. The van der Waals surface area contributed by atoms with Gasteiger partial charge in [0.2, 0.25) is 11.8 Å². The number of carbonyl (C=O) groups excluding carboxylic acids is 3. The van der Waals surface area contributed by atoms with Gasteiger partial charge in [-0.1, -0.05) is 11.6 Å². The molecular formula is C17H22ClN3O5. The van der Waals surface area contributed by atoms with Gasteiger partial charge in [-0.05, 0) is 12.5 Å². The number of nitrogens with zero attached hydrogens (tertiary/aromatic N) is 1. The van der Waals surface area contributed by atoms with Gasteiger partial charge in [0.15, 0.2) is 0 Å². The molecule has 1 aliphatic heterocycles. The maximum absolute atomic E-state index is 12.6. The second-order valence-corrected chi connectivity index (χ2v) is 6.53. The highest BCUT2D eigenvalue weighted by atomic mass is 35.5. The van der Waals surface area contributed by atoms with Gasteiger partial charge in [0.05, 0.1) is 36.0 Å². The summed E-state index contributed by atoms with van der Waals surface area (Å²) in [6.45, 7) is 2.94. The number of rotatable bonds is 5. The molecule has 1 aromatic rings. The zero-order chi connectivity index (χ0) is 19.4. The molecular weight excluding hydrogens is 362 g/mol. The molecule has 0 saturated carbocycles. The zero-order valence-corrected chi connectivity index (χ0v) is 15.6. The number of carbonyl (C=O) groups is 3. The Morgan fingerprint density at radius 2 is 2.04 bits per heavy atom. The number of hydrogen-bond donors (Lipinski definition) is 3. The largest absolute Gasteiger partial charge is 0.496 e. The standard InChI is InChI=1S/C17H22ClN3O5/c1-9(23)19-15-6-16(26-3)13(5-14(15)18)17(25)20-11-4-12(8-22)21(7-11)10(2)24/h5-6,11-12,22H,4,7-8H2,1-3H3,(H,19,23)(H,20,25). The maximum atomic E-state index is 12.6. The van der Waals surface area contributed by atoms with E-state index in [0.29, 0.717) is 18.7 Å². The highest BCUT2D eigenvalue weighted by Crippen LogP contribution is 2.31. The van der Waals surface area contributed by atoms with Gasteiger partial charge in [0.25, 0.3) is 5.91 Å². The van der Waals surface area contributed by atoms with Gasteiger partial charge in [0, 0.05) is 32.5 Å². The number of ether oxygens (including phenoxy) is 1. The van der Waals surface area contributed by atoms with Crippen molar-refractivity contribution in [1.82, 2.24) is 10.2 Å². The van der Waals surface area contributed by atoms with Crippen molar-refractivity contribution < 1.29 is 24.2 Å². The Balaban J connectivity index is 2.18. The molecule has 3 N–H and O–H groups in total. The van der Waals surface area contributed by atoms with Crippen LogP contribution in [0.2, 0.25) is 5.02 Å². The first kappa shape index (κ1) is 20.0. The summed E-state index contributed by atoms with van der Waals surface area (Å²) in [6, 6.07) is 2.29. The summed E-state index contributed by atoms with van der Waals surface area (Å²) >= 11 is 6.14. The molecule has 2 atom stereocenters. The number of nitrogens with one attached hydrogen (secondary N) is 2. The van der Waals surface area contributed by atoms with E-state index in [0.717, 1.165) is 0 Å². The lowest BCUT2D eigenvalue weighted by atomic mass is 10.1. The van der Waals surface area contributed by atoms with Crippen LogP contribution in [0.5, 0.6) is 5.75 Å². The molecule has 0 aromatic heterocycles. The van der Waals surface area contributed by atoms with Gasteiger partial charge >= 0.3 is 0 Å². The Hall–Kier alpha value is -2.32. The van der Waals surface area contributed by atoms with E-state index in [1.807, 2.05) is 0 Å². The van der Waals surface area contributed by atoms with Crippen molar-refractivity contribution in [2.45, 2.75) is 32.4 Å². The van der Waals surface area contributed by atoms with Crippen LogP contribution in [-0.4, -0.2) is 60.1 Å². The van der Waals surface area contributed by atoms with Crippen LogP contribution in [0.15, 0.2) is 12.1 Å². The van der Waals surface area contributed by atoms with E-state index < -0.39 is 5.91 Å². The number of hydrogen-bond acceptors (Lipinski definition) is 5. The van der Waals surface area contributed by atoms with Crippen LogP contribution >= 0.6 is 11.6 Å². The predicted octanol–water partition coefficient (Wildman–Crippen LogP) is 1.02. The molecule has 0 bridgehead atoms. The Morgan fingerprint density at radius 3 is 2.54 bits per heavy atom. The monoisotopic (exact) mass is 383 g/mol. The van der Waals surface area contributed by atoms with Crippen LogP contribution in [0.1, 0.15) is 30.6 Å². The number of halogens is 1. The van der Waals surface area contributed by atoms with Crippen molar-refractivity contribution in [2.75, 3.05) is 25.6 Å². The number of methoxy groups -OCH3 is 1. The van der Waals surface area contributed by atoms with E-state index in [1.54, 1.807) is 0 Å². The Labute approximate surface area is 156 Å². The molecule has 26 heavy (non-hydrogen) atoms. The van der Waals surface area contributed by atoms with Crippen molar-refractivity contribution in [3.05, 3.63) is 22.7 Å². The van der Waals surface area contributed by atoms with E-state index >= 15 is 0 Å². The average molecular weight is 384 g/mol. The molecule has 0 aliphatic carbocycles. The quantitative estimate of drug-likeness (QED) is 0.703. The van der Waals surface area contributed by atoms with Crippen LogP contribution in [0.25, 0.3) is 0 Å². The first-order valence-corrected chi connectivity index (χ1v) is 8.48. The van der Waals surface area contributed by atoms with Crippen LogP contribution < -0.4 is 15.4 Å². The van der Waals surface area contributed by atoms with Crippen LogP contribution in [0, 0.1) is 0 Å². The summed E-state index contributed by atoms with van der Waals surface area (Å²) in [4.78, 5) is 37.0. The molecule has 3 amide bonds. The van der Waals surface area contributed by atoms with Crippen LogP contribution in [0.4, 0.5) is 5.69 Å².